The Hall–Kier alpha value is -2.51. The summed E-state index contributed by atoms with van der Waals surface area (Å²) >= 11 is 1.56. The molecule has 1 N–H and O–H groups in total. The fraction of sp³-hybridized carbons (Fsp3) is 0.409. The number of thiazole rings is 1. The van der Waals surface area contributed by atoms with Gasteiger partial charge in [0.2, 0.25) is 5.91 Å². The highest BCUT2D eigenvalue weighted by Gasteiger charge is 2.19. The van der Waals surface area contributed by atoms with Crippen LogP contribution in [-0.4, -0.2) is 40.4 Å². The van der Waals surface area contributed by atoms with E-state index in [1.54, 1.807) is 11.3 Å². The summed E-state index contributed by atoms with van der Waals surface area (Å²) in [6.07, 6.45) is 4.20. The normalized spacial score (nSPS) is 14.8. The van der Waals surface area contributed by atoms with E-state index in [-0.39, 0.29) is 5.91 Å². The maximum Gasteiger partial charge on any atom is 0.226 e. The lowest BCUT2D eigenvalue weighted by molar-refractivity contribution is -0.120. The van der Waals surface area contributed by atoms with E-state index in [2.05, 4.69) is 29.5 Å². The van der Waals surface area contributed by atoms with Crippen molar-refractivity contribution in [1.82, 2.24) is 20.1 Å². The molecule has 29 heavy (non-hydrogen) atoms. The average molecular weight is 411 g/mol. The van der Waals surface area contributed by atoms with Crippen molar-refractivity contribution in [2.45, 2.75) is 26.2 Å². The van der Waals surface area contributed by atoms with Crippen LogP contribution in [0.5, 0.6) is 0 Å². The van der Waals surface area contributed by atoms with Crippen LogP contribution in [0.1, 0.15) is 24.1 Å². The van der Waals surface area contributed by atoms with Crippen molar-refractivity contribution >= 4 is 17.2 Å². The van der Waals surface area contributed by atoms with E-state index in [4.69, 9.17) is 9.72 Å². The lowest BCUT2D eigenvalue weighted by Crippen LogP contribution is -2.33. The summed E-state index contributed by atoms with van der Waals surface area (Å²) < 4.78 is 7.26. The van der Waals surface area contributed by atoms with Crippen molar-refractivity contribution < 1.29 is 9.53 Å². The van der Waals surface area contributed by atoms with Crippen LogP contribution in [0.25, 0.3) is 21.8 Å². The zero-order valence-electron chi connectivity index (χ0n) is 16.9. The van der Waals surface area contributed by atoms with Crippen LogP contribution in [0.15, 0.2) is 35.8 Å². The van der Waals surface area contributed by atoms with Crippen molar-refractivity contribution in [2.75, 3.05) is 19.8 Å². The van der Waals surface area contributed by atoms with E-state index < -0.39 is 0 Å². The molecular weight excluding hydrogens is 384 g/mol. The fourth-order valence-electron chi connectivity index (χ4n) is 3.70. The molecule has 3 heterocycles. The van der Waals surface area contributed by atoms with Crippen LogP contribution in [0, 0.1) is 12.8 Å². The zero-order valence-corrected chi connectivity index (χ0v) is 17.7. The monoisotopic (exact) mass is 410 g/mol. The first-order valence-electron chi connectivity index (χ1n) is 9.99. The highest BCUT2D eigenvalue weighted by molar-refractivity contribution is 7.13. The summed E-state index contributed by atoms with van der Waals surface area (Å²) in [6.45, 7) is 4.41. The third-order valence-corrected chi connectivity index (χ3v) is 6.32. The largest absolute Gasteiger partial charge is 0.381 e. The molecule has 1 saturated heterocycles. The Morgan fingerprint density at radius 2 is 2.07 bits per heavy atom. The van der Waals surface area contributed by atoms with Gasteiger partial charge in [0.25, 0.3) is 0 Å². The Kier molecular flexibility index (Phi) is 6.06. The number of aryl methyl sites for hydroxylation is 2. The van der Waals surface area contributed by atoms with E-state index in [1.165, 1.54) is 5.56 Å². The SMILES string of the molecule is Cc1ccccc1-c1c(-c2nc(CC(=O)NCC3CCOCC3)cs2)cnn1C. The molecule has 0 unspecified atom stereocenters. The first-order chi connectivity index (χ1) is 14.1. The number of nitrogens with one attached hydrogen (secondary N) is 1. The second kappa shape index (κ2) is 8.88. The van der Waals surface area contributed by atoms with Gasteiger partial charge in [-0.05, 0) is 31.2 Å². The Labute approximate surface area is 174 Å². The van der Waals surface area contributed by atoms with E-state index in [1.807, 2.05) is 35.4 Å². The van der Waals surface area contributed by atoms with Crippen molar-refractivity contribution in [3.63, 3.8) is 0 Å². The van der Waals surface area contributed by atoms with E-state index in [0.29, 0.717) is 12.3 Å². The van der Waals surface area contributed by atoms with Gasteiger partial charge in [0, 0.05) is 37.7 Å². The first-order valence-corrected chi connectivity index (χ1v) is 10.9. The van der Waals surface area contributed by atoms with E-state index in [9.17, 15) is 4.79 Å². The molecule has 1 amide bonds. The van der Waals surface area contributed by atoms with Crippen molar-refractivity contribution in [3.05, 3.63) is 47.1 Å². The summed E-state index contributed by atoms with van der Waals surface area (Å²) in [5, 5.41) is 10.4. The minimum absolute atomic E-state index is 0.0265. The van der Waals surface area contributed by atoms with Gasteiger partial charge in [-0.3, -0.25) is 9.48 Å². The lowest BCUT2D eigenvalue weighted by atomic mass is 10.0. The van der Waals surface area contributed by atoms with E-state index >= 15 is 0 Å². The molecule has 0 spiro atoms. The van der Waals surface area contributed by atoms with E-state index in [0.717, 1.165) is 60.1 Å². The van der Waals surface area contributed by atoms with Crippen molar-refractivity contribution in [3.8, 4) is 21.8 Å². The summed E-state index contributed by atoms with van der Waals surface area (Å²) in [7, 11) is 1.95. The van der Waals surface area contributed by atoms with Crippen LogP contribution in [0.2, 0.25) is 0 Å². The van der Waals surface area contributed by atoms with Gasteiger partial charge < -0.3 is 10.1 Å². The number of nitrogens with zero attached hydrogens (tertiary/aromatic N) is 3. The second-order valence-corrected chi connectivity index (χ2v) is 8.38. The lowest BCUT2D eigenvalue weighted by Gasteiger charge is -2.22. The Morgan fingerprint density at radius 1 is 1.28 bits per heavy atom. The highest BCUT2D eigenvalue weighted by atomic mass is 32.1. The van der Waals surface area contributed by atoms with Gasteiger partial charge in [0.15, 0.2) is 0 Å². The van der Waals surface area contributed by atoms with Crippen LogP contribution in [-0.2, 0) is 23.0 Å². The fourth-order valence-corrected chi connectivity index (χ4v) is 4.53. The summed E-state index contributed by atoms with van der Waals surface area (Å²) in [6, 6.07) is 8.28. The quantitative estimate of drug-likeness (QED) is 0.674. The molecule has 2 aromatic heterocycles. The van der Waals surface area contributed by atoms with Crippen LogP contribution < -0.4 is 5.32 Å². The number of rotatable bonds is 6. The molecule has 0 radical (unpaired) electrons. The molecule has 1 fully saturated rings. The molecular formula is C22H26N4O2S. The van der Waals surface area contributed by atoms with Gasteiger partial charge in [0.1, 0.15) is 5.01 Å². The molecule has 1 aromatic carbocycles. The second-order valence-electron chi connectivity index (χ2n) is 7.53. The maximum atomic E-state index is 12.3. The number of carbonyl (C=O) groups excluding carboxylic acids is 1. The number of benzene rings is 1. The minimum Gasteiger partial charge on any atom is -0.381 e. The predicted molar refractivity (Wildman–Crippen MR) is 115 cm³/mol. The average Bonchev–Trinajstić information content (AvgIpc) is 3.34. The number of amides is 1. The third-order valence-electron chi connectivity index (χ3n) is 5.39. The Balaban J connectivity index is 1.46. The summed E-state index contributed by atoms with van der Waals surface area (Å²) in [5.41, 5.74) is 5.19. The third kappa shape index (κ3) is 4.57. The van der Waals surface area contributed by atoms with Gasteiger partial charge in [-0.2, -0.15) is 5.10 Å². The van der Waals surface area contributed by atoms with Gasteiger partial charge in [-0.15, -0.1) is 11.3 Å². The smallest absolute Gasteiger partial charge is 0.226 e. The van der Waals surface area contributed by atoms with Crippen molar-refractivity contribution in [2.24, 2.45) is 13.0 Å². The van der Waals surface area contributed by atoms with Gasteiger partial charge >= 0.3 is 0 Å². The molecule has 6 nitrogen and oxygen atoms in total. The molecule has 152 valence electrons. The minimum atomic E-state index is 0.0265. The molecule has 1 aliphatic rings. The number of carbonyl (C=O) groups is 1. The molecule has 3 aromatic rings. The molecule has 0 bridgehead atoms. The maximum absolute atomic E-state index is 12.3. The van der Waals surface area contributed by atoms with Crippen LogP contribution >= 0.6 is 11.3 Å². The summed E-state index contributed by atoms with van der Waals surface area (Å²) in [5.74, 6) is 0.546. The highest BCUT2D eigenvalue weighted by Crippen LogP contribution is 2.35. The molecule has 0 aliphatic carbocycles. The topological polar surface area (TPSA) is 69.0 Å². The molecule has 4 rings (SSSR count). The molecule has 7 heteroatoms. The molecule has 0 saturated carbocycles. The number of hydrogen-bond acceptors (Lipinski definition) is 5. The Morgan fingerprint density at radius 3 is 2.86 bits per heavy atom. The van der Waals surface area contributed by atoms with Crippen LogP contribution in [0.3, 0.4) is 0 Å². The van der Waals surface area contributed by atoms with Crippen molar-refractivity contribution in [1.29, 1.82) is 0 Å². The summed E-state index contributed by atoms with van der Waals surface area (Å²) in [4.78, 5) is 17.1. The van der Waals surface area contributed by atoms with Gasteiger partial charge in [0.05, 0.1) is 29.6 Å². The predicted octanol–water partition coefficient (Wildman–Crippen LogP) is 3.60. The van der Waals surface area contributed by atoms with Gasteiger partial charge in [-0.25, -0.2) is 4.98 Å². The number of ether oxygens (including phenoxy) is 1. The zero-order chi connectivity index (χ0) is 20.2. The Bertz CT molecular complexity index is 988. The van der Waals surface area contributed by atoms with Gasteiger partial charge in [-0.1, -0.05) is 24.3 Å². The number of hydrogen-bond donors (Lipinski definition) is 1. The number of aromatic nitrogens is 3. The first kappa shape index (κ1) is 19.8. The van der Waals surface area contributed by atoms with Crippen LogP contribution in [0.4, 0.5) is 0 Å². The standard InChI is InChI=1S/C22H26N4O2S/c1-15-5-3-4-6-18(15)21-19(13-24-26(21)2)22-25-17(14-29-22)11-20(27)23-12-16-7-9-28-10-8-16/h3-6,13-14,16H,7-12H2,1-2H3,(H,23,27). The molecule has 0 atom stereocenters. The molecule has 1 aliphatic heterocycles.